The van der Waals surface area contributed by atoms with Gasteiger partial charge in [0.1, 0.15) is 0 Å². The van der Waals surface area contributed by atoms with Crippen molar-refractivity contribution in [3.63, 3.8) is 0 Å². The molecule has 0 saturated carbocycles. The first-order chi connectivity index (χ1) is 9.95. The first-order valence-corrected chi connectivity index (χ1v) is 6.50. The van der Waals surface area contributed by atoms with Crippen LogP contribution in [0.3, 0.4) is 0 Å². The molecule has 0 unspecified atom stereocenters. The lowest BCUT2D eigenvalue weighted by atomic mass is 10.1. The van der Waals surface area contributed by atoms with Crippen molar-refractivity contribution in [3.8, 4) is 0 Å². The Labute approximate surface area is 118 Å². The van der Waals surface area contributed by atoms with Crippen LogP contribution >= 0.6 is 0 Å². The van der Waals surface area contributed by atoms with Gasteiger partial charge < -0.3 is 5.32 Å². The molecular weight excluding hydrogens is 283 g/mol. The number of fused-ring (bicyclic) bond motifs is 1. The number of aromatic nitrogens is 2. The highest BCUT2D eigenvalue weighted by molar-refractivity contribution is 5.59. The first-order valence-electron chi connectivity index (χ1n) is 6.50. The molecule has 4 nitrogen and oxygen atoms in total. The van der Waals surface area contributed by atoms with Gasteiger partial charge in [-0.15, -0.1) is 0 Å². The van der Waals surface area contributed by atoms with Crippen molar-refractivity contribution < 1.29 is 13.2 Å². The van der Waals surface area contributed by atoms with E-state index < -0.39 is 11.7 Å². The number of anilines is 2. The number of benzene rings is 1. The maximum absolute atomic E-state index is 12.9. The van der Waals surface area contributed by atoms with Crippen LogP contribution in [0.1, 0.15) is 23.2 Å². The van der Waals surface area contributed by atoms with Crippen molar-refractivity contribution >= 4 is 11.6 Å². The van der Waals surface area contributed by atoms with Crippen molar-refractivity contribution in [2.24, 2.45) is 0 Å². The van der Waals surface area contributed by atoms with Gasteiger partial charge in [-0.3, -0.25) is 9.78 Å². The highest BCUT2D eigenvalue weighted by atomic mass is 19.4. The molecule has 1 aliphatic carbocycles. The van der Waals surface area contributed by atoms with Gasteiger partial charge in [-0.1, -0.05) is 12.1 Å². The smallest absolute Gasteiger partial charge is 0.325 e. The number of rotatable bonds is 2. The molecule has 21 heavy (non-hydrogen) atoms. The number of nitrogens with one attached hydrogen (secondary N) is 2. The normalized spacial score (nSPS) is 14.0. The summed E-state index contributed by atoms with van der Waals surface area (Å²) in [5, 5.41) is 2.56. The van der Waals surface area contributed by atoms with Crippen molar-refractivity contribution in [2.75, 3.05) is 5.32 Å². The summed E-state index contributed by atoms with van der Waals surface area (Å²) in [6.45, 7) is 0. The van der Waals surface area contributed by atoms with Crippen molar-refractivity contribution in [1.29, 1.82) is 0 Å². The van der Waals surface area contributed by atoms with Gasteiger partial charge in [-0.2, -0.15) is 13.2 Å². The summed E-state index contributed by atoms with van der Waals surface area (Å²) in [4.78, 5) is 18.5. The average molecular weight is 295 g/mol. The standard InChI is InChI=1S/C14H12F3N3O/c15-14(16,17)9-5-1-2-6-11(9)19-13-18-10-7-3-4-8(10)12(21)20-13/h1-2,5-6H,3-4,7H2,(H2,18,19,20,21). The van der Waals surface area contributed by atoms with E-state index in [4.69, 9.17) is 0 Å². The van der Waals surface area contributed by atoms with Crippen LogP contribution in [0.2, 0.25) is 0 Å². The van der Waals surface area contributed by atoms with E-state index >= 15 is 0 Å². The zero-order valence-corrected chi connectivity index (χ0v) is 10.9. The predicted octanol–water partition coefficient (Wildman–Crippen LogP) is 3.02. The van der Waals surface area contributed by atoms with Crippen molar-refractivity contribution in [2.45, 2.75) is 25.4 Å². The van der Waals surface area contributed by atoms with Crippen LogP contribution in [-0.2, 0) is 19.0 Å². The zero-order chi connectivity index (χ0) is 15.0. The molecular formula is C14H12F3N3O. The minimum absolute atomic E-state index is 0.0392. The molecule has 110 valence electrons. The number of aryl methyl sites for hydroxylation is 1. The second-order valence-corrected chi connectivity index (χ2v) is 4.86. The fourth-order valence-electron chi connectivity index (χ4n) is 2.47. The van der Waals surface area contributed by atoms with Crippen molar-refractivity contribution in [1.82, 2.24) is 9.97 Å². The second kappa shape index (κ2) is 4.91. The molecule has 0 bridgehead atoms. The number of aromatic amines is 1. The van der Waals surface area contributed by atoms with Crippen LogP contribution in [0.25, 0.3) is 0 Å². The van der Waals surface area contributed by atoms with Gasteiger partial charge in [-0.25, -0.2) is 4.98 Å². The topological polar surface area (TPSA) is 57.8 Å². The van der Waals surface area contributed by atoms with Crippen LogP contribution in [0.5, 0.6) is 0 Å². The van der Waals surface area contributed by atoms with E-state index in [1.807, 2.05) is 0 Å². The summed E-state index contributed by atoms with van der Waals surface area (Å²) in [5.74, 6) is 0.0392. The zero-order valence-electron chi connectivity index (χ0n) is 10.9. The minimum Gasteiger partial charge on any atom is -0.325 e. The van der Waals surface area contributed by atoms with Gasteiger partial charge in [0.15, 0.2) is 0 Å². The molecule has 1 heterocycles. The minimum atomic E-state index is -4.47. The van der Waals surface area contributed by atoms with E-state index in [1.54, 1.807) is 0 Å². The SMILES string of the molecule is O=c1[nH]c(Nc2ccccc2C(F)(F)F)nc2c1CCC2. The summed E-state index contributed by atoms with van der Waals surface area (Å²) in [6, 6.07) is 5.08. The molecule has 1 aromatic heterocycles. The van der Waals surface area contributed by atoms with E-state index in [0.29, 0.717) is 24.1 Å². The molecule has 0 amide bonds. The molecule has 3 rings (SSSR count). The summed E-state index contributed by atoms with van der Waals surface area (Å²) in [7, 11) is 0. The Morgan fingerprint density at radius 3 is 2.71 bits per heavy atom. The van der Waals surface area contributed by atoms with E-state index in [1.165, 1.54) is 18.2 Å². The van der Waals surface area contributed by atoms with Gasteiger partial charge in [0.25, 0.3) is 5.56 Å². The first kappa shape index (κ1) is 13.7. The quantitative estimate of drug-likeness (QED) is 0.895. The van der Waals surface area contributed by atoms with Gasteiger partial charge in [0.2, 0.25) is 5.95 Å². The largest absolute Gasteiger partial charge is 0.418 e. The lowest BCUT2D eigenvalue weighted by Gasteiger charge is -2.14. The number of hydrogen-bond acceptors (Lipinski definition) is 3. The average Bonchev–Trinajstić information content (AvgIpc) is 2.87. The fourth-order valence-corrected chi connectivity index (χ4v) is 2.47. The van der Waals surface area contributed by atoms with Crippen LogP contribution in [0.15, 0.2) is 29.1 Å². The van der Waals surface area contributed by atoms with Crippen molar-refractivity contribution in [3.05, 3.63) is 51.4 Å². The maximum atomic E-state index is 12.9. The Bertz CT molecular complexity index is 737. The van der Waals surface area contributed by atoms with E-state index in [9.17, 15) is 18.0 Å². The third-order valence-corrected chi connectivity index (χ3v) is 3.43. The number of alkyl halides is 3. The molecule has 0 atom stereocenters. The number of para-hydroxylation sites is 1. The Balaban J connectivity index is 1.99. The summed E-state index contributed by atoms with van der Waals surface area (Å²) < 4.78 is 38.8. The molecule has 0 fully saturated rings. The number of nitrogens with zero attached hydrogens (tertiary/aromatic N) is 1. The second-order valence-electron chi connectivity index (χ2n) is 4.86. The van der Waals surface area contributed by atoms with Gasteiger partial charge >= 0.3 is 6.18 Å². The Morgan fingerprint density at radius 1 is 1.19 bits per heavy atom. The molecule has 0 radical (unpaired) electrons. The number of H-pyrrole nitrogens is 1. The lowest BCUT2D eigenvalue weighted by Crippen LogP contribution is -2.17. The van der Waals surface area contributed by atoms with Gasteiger partial charge in [0, 0.05) is 5.56 Å². The summed E-state index contributed by atoms with van der Waals surface area (Å²) >= 11 is 0. The van der Waals surface area contributed by atoms with Crippen LogP contribution in [0, 0.1) is 0 Å². The van der Waals surface area contributed by atoms with Crippen LogP contribution < -0.4 is 10.9 Å². The Kier molecular flexibility index (Phi) is 3.19. The summed E-state index contributed by atoms with van der Waals surface area (Å²) in [6.07, 6.45) is -2.29. The monoisotopic (exact) mass is 295 g/mol. The third kappa shape index (κ3) is 2.63. The molecule has 7 heteroatoms. The molecule has 0 spiro atoms. The third-order valence-electron chi connectivity index (χ3n) is 3.43. The van der Waals surface area contributed by atoms with Crippen LogP contribution in [0.4, 0.5) is 24.8 Å². The fraction of sp³-hybridized carbons (Fsp3) is 0.286. The molecule has 0 aliphatic heterocycles. The molecule has 0 saturated heterocycles. The molecule has 2 N–H and O–H groups in total. The number of halogens is 3. The predicted molar refractivity (Wildman–Crippen MR) is 71.6 cm³/mol. The highest BCUT2D eigenvalue weighted by Crippen LogP contribution is 2.35. The van der Waals surface area contributed by atoms with E-state index in [-0.39, 0.29) is 17.2 Å². The molecule has 2 aromatic rings. The maximum Gasteiger partial charge on any atom is 0.418 e. The van der Waals surface area contributed by atoms with E-state index in [2.05, 4.69) is 15.3 Å². The van der Waals surface area contributed by atoms with Gasteiger partial charge in [-0.05, 0) is 31.4 Å². The Hall–Kier alpha value is -2.31. The molecule has 1 aliphatic rings. The Morgan fingerprint density at radius 2 is 1.95 bits per heavy atom. The lowest BCUT2D eigenvalue weighted by molar-refractivity contribution is -0.136. The summed E-state index contributed by atoms with van der Waals surface area (Å²) in [5.41, 5.74) is 0.0686. The van der Waals surface area contributed by atoms with Crippen LogP contribution in [-0.4, -0.2) is 9.97 Å². The highest BCUT2D eigenvalue weighted by Gasteiger charge is 2.33. The number of hydrogen-bond donors (Lipinski definition) is 2. The molecule has 1 aromatic carbocycles. The van der Waals surface area contributed by atoms with Gasteiger partial charge in [0.05, 0.1) is 16.9 Å². The van der Waals surface area contributed by atoms with E-state index in [0.717, 1.165) is 12.5 Å².